The number of methoxy groups -OCH3 is 1. The zero-order valence-electron chi connectivity index (χ0n) is 17.9. The van der Waals surface area contributed by atoms with Crippen LogP contribution in [0.2, 0.25) is 0 Å². The highest BCUT2D eigenvalue weighted by atomic mass is 32.2. The Bertz CT molecular complexity index is 993. The van der Waals surface area contributed by atoms with Crippen LogP contribution in [0, 0.1) is 19.8 Å². The number of hydrogen-bond donors (Lipinski definition) is 0. The van der Waals surface area contributed by atoms with Gasteiger partial charge in [-0.2, -0.15) is 4.31 Å². The highest BCUT2D eigenvalue weighted by molar-refractivity contribution is 7.89. The Hall–Kier alpha value is -2.38. The standard InChI is InChI=1S/C23H29NO5S/c1-16-5-10-22(15-17(16)2)30(26,27)24-13-11-20(12-14-24)23(25)29-18(3)19-6-8-21(28-4)9-7-19/h5-10,15,18,20H,11-14H2,1-4H3/t18-/m1/s1. The van der Waals surface area contributed by atoms with E-state index in [-0.39, 0.29) is 18.0 Å². The highest BCUT2D eigenvalue weighted by Gasteiger charge is 2.33. The van der Waals surface area contributed by atoms with Gasteiger partial charge in [0.15, 0.2) is 0 Å². The van der Waals surface area contributed by atoms with E-state index < -0.39 is 10.0 Å². The van der Waals surface area contributed by atoms with Crippen LogP contribution in [0.1, 0.15) is 42.6 Å². The normalized spacial score (nSPS) is 16.8. The predicted molar refractivity (Wildman–Crippen MR) is 115 cm³/mol. The van der Waals surface area contributed by atoms with Crippen molar-refractivity contribution in [2.75, 3.05) is 20.2 Å². The average Bonchev–Trinajstić information content (AvgIpc) is 2.75. The molecule has 0 aromatic heterocycles. The van der Waals surface area contributed by atoms with Crippen LogP contribution >= 0.6 is 0 Å². The molecular formula is C23H29NO5S. The second kappa shape index (κ2) is 9.18. The van der Waals surface area contributed by atoms with Crippen LogP contribution < -0.4 is 4.74 Å². The Morgan fingerprint density at radius 3 is 2.23 bits per heavy atom. The molecule has 1 heterocycles. The average molecular weight is 432 g/mol. The number of esters is 1. The molecule has 0 aliphatic carbocycles. The van der Waals surface area contributed by atoms with Crippen molar-refractivity contribution in [3.63, 3.8) is 0 Å². The fourth-order valence-electron chi connectivity index (χ4n) is 3.57. The van der Waals surface area contributed by atoms with E-state index in [1.165, 1.54) is 4.31 Å². The van der Waals surface area contributed by atoms with E-state index in [4.69, 9.17) is 9.47 Å². The lowest BCUT2D eigenvalue weighted by molar-refractivity contribution is -0.155. The molecule has 162 valence electrons. The summed E-state index contributed by atoms with van der Waals surface area (Å²) >= 11 is 0. The summed E-state index contributed by atoms with van der Waals surface area (Å²) in [5.74, 6) is 0.174. The van der Waals surface area contributed by atoms with Gasteiger partial charge < -0.3 is 9.47 Å². The quantitative estimate of drug-likeness (QED) is 0.646. The minimum Gasteiger partial charge on any atom is -0.497 e. The summed E-state index contributed by atoms with van der Waals surface area (Å²) in [5.41, 5.74) is 2.89. The van der Waals surface area contributed by atoms with Crippen LogP contribution in [0.5, 0.6) is 5.75 Å². The number of nitrogens with zero attached hydrogens (tertiary/aromatic N) is 1. The molecule has 0 spiro atoms. The van der Waals surface area contributed by atoms with E-state index in [2.05, 4.69) is 0 Å². The molecule has 2 aromatic carbocycles. The van der Waals surface area contributed by atoms with Gasteiger partial charge >= 0.3 is 5.97 Å². The third-order valence-corrected chi connectivity index (χ3v) is 7.68. The van der Waals surface area contributed by atoms with E-state index in [9.17, 15) is 13.2 Å². The second-order valence-corrected chi connectivity index (χ2v) is 9.71. The smallest absolute Gasteiger partial charge is 0.309 e. The largest absolute Gasteiger partial charge is 0.497 e. The number of aryl methyl sites for hydroxylation is 2. The molecule has 30 heavy (non-hydrogen) atoms. The van der Waals surface area contributed by atoms with Gasteiger partial charge in [-0.3, -0.25) is 4.79 Å². The zero-order chi connectivity index (χ0) is 21.9. The van der Waals surface area contributed by atoms with Crippen LogP contribution in [0.25, 0.3) is 0 Å². The summed E-state index contributed by atoms with van der Waals surface area (Å²) in [4.78, 5) is 12.9. The summed E-state index contributed by atoms with van der Waals surface area (Å²) in [7, 11) is -1.95. The Morgan fingerprint density at radius 1 is 1.03 bits per heavy atom. The number of hydrogen-bond acceptors (Lipinski definition) is 5. The predicted octanol–water partition coefficient (Wildman–Crippen LogP) is 4.02. The maximum Gasteiger partial charge on any atom is 0.309 e. The summed E-state index contributed by atoms with van der Waals surface area (Å²) in [5, 5.41) is 0. The molecule has 0 bridgehead atoms. The van der Waals surface area contributed by atoms with Crippen LogP contribution in [-0.2, 0) is 19.6 Å². The number of carbonyl (C=O) groups excluding carboxylic acids is 1. The van der Waals surface area contributed by atoms with Crippen molar-refractivity contribution >= 4 is 16.0 Å². The van der Waals surface area contributed by atoms with E-state index in [1.54, 1.807) is 19.2 Å². The van der Waals surface area contributed by atoms with Gasteiger partial charge in [0, 0.05) is 13.1 Å². The minimum atomic E-state index is -3.55. The Morgan fingerprint density at radius 2 is 1.67 bits per heavy atom. The maximum atomic E-state index is 12.9. The summed E-state index contributed by atoms with van der Waals surface area (Å²) < 4.78 is 38.1. The third-order valence-electron chi connectivity index (χ3n) is 5.78. The topological polar surface area (TPSA) is 72.9 Å². The number of piperidine rings is 1. The molecule has 0 unspecified atom stereocenters. The molecule has 0 saturated carbocycles. The second-order valence-electron chi connectivity index (χ2n) is 7.78. The first-order valence-corrected chi connectivity index (χ1v) is 11.6. The third kappa shape index (κ3) is 4.84. The number of benzene rings is 2. The van der Waals surface area contributed by atoms with E-state index in [1.807, 2.05) is 51.1 Å². The van der Waals surface area contributed by atoms with Crippen molar-refractivity contribution in [3.05, 3.63) is 59.2 Å². The van der Waals surface area contributed by atoms with Gasteiger partial charge in [0.05, 0.1) is 17.9 Å². The molecule has 1 saturated heterocycles. The highest BCUT2D eigenvalue weighted by Crippen LogP contribution is 2.28. The maximum absolute atomic E-state index is 12.9. The van der Waals surface area contributed by atoms with Gasteiger partial charge in [0.2, 0.25) is 10.0 Å². The molecule has 0 radical (unpaired) electrons. The molecule has 0 amide bonds. The fourth-order valence-corrected chi connectivity index (χ4v) is 5.12. The summed E-state index contributed by atoms with van der Waals surface area (Å²) in [6, 6.07) is 12.6. The number of carbonyl (C=O) groups is 1. The lowest BCUT2D eigenvalue weighted by Crippen LogP contribution is -2.40. The molecule has 2 aromatic rings. The van der Waals surface area contributed by atoms with Gasteiger partial charge in [-0.05, 0) is 74.6 Å². The number of rotatable bonds is 6. The van der Waals surface area contributed by atoms with Crippen LogP contribution in [0.15, 0.2) is 47.4 Å². The van der Waals surface area contributed by atoms with Gasteiger partial charge in [-0.25, -0.2) is 8.42 Å². The molecular weight excluding hydrogens is 402 g/mol. The Kier molecular flexibility index (Phi) is 6.83. The zero-order valence-corrected chi connectivity index (χ0v) is 18.7. The van der Waals surface area contributed by atoms with Gasteiger partial charge in [0.25, 0.3) is 0 Å². The summed E-state index contributed by atoms with van der Waals surface area (Å²) in [6.45, 7) is 6.31. The molecule has 3 rings (SSSR count). The molecule has 6 nitrogen and oxygen atoms in total. The lowest BCUT2D eigenvalue weighted by Gasteiger charge is -2.30. The van der Waals surface area contributed by atoms with E-state index in [0.29, 0.717) is 30.8 Å². The van der Waals surface area contributed by atoms with Crippen molar-refractivity contribution in [1.29, 1.82) is 0 Å². The molecule has 0 N–H and O–H groups in total. The lowest BCUT2D eigenvalue weighted by atomic mass is 9.98. The Balaban J connectivity index is 1.58. The van der Waals surface area contributed by atoms with Gasteiger partial charge in [0.1, 0.15) is 11.9 Å². The monoisotopic (exact) mass is 431 g/mol. The fraction of sp³-hybridized carbons (Fsp3) is 0.435. The van der Waals surface area contributed by atoms with Crippen LogP contribution in [0.4, 0.5) is 0 Å². The van der Waals surface area contributed by atoms with Crippen LogP contribution in [-0.4, -0.2) is 38.9 Å². The molecule has 1 atom stereocenters. The first-order valence-electron chi connectivity index (χ1n) is 10.1. The molecule has 7 heteroatoms. The Labute approximate surface area is 178 Å². The number of sulfonamides is 1. The first-order chi connectivity index (χ1) is 14.2. The van der Waals surface area contributed by atoms with Crippen molar-refractivity contribution in [1.82, 2.24) is 4.31 Å². The SMILES string of the molecule is COc1ccc([C@@H](C)OC(=O)C2CCN(S(=O)(=O)c3ccc(C)c(C)c3)CC2)cc1. The minimum absolute atomic E-state index is 0.276. The van der Waals surface area contributed by atoms with Crippen molar-refractivity contribution in [2.45, 2.75) is 44.6 Å². The van der Waals surface area contributed by atoms with Gasteiger partial charge in [-0.1, -0.05) is 18.2 Å². The van der Waals surface area contributed by atoms with Crippen LogP contribution in [0.3, 0.4) is 0 Å². The molecule has 1 aliphatic heterocycles. The summed E-state index contributed by atoms with van der Waals surface area (Å²) in [6.07, 6.45) is 0.539. The first kappa shape index (κ1) is 22.3. The van der Waals surface area contributed by atoms with E-state index in [0.717, 1.165) is 22.4 Å². The van der Waals surface area contributed by atoms with Gasteiger partial charge in [-0.15, -0.1) is 0 Å². The molecule has 1 fully saturated rings. The number of ether oxygens (including phenoxy) is 2. The van der Waals surface area contributed by atoms with Crippen molar-refractivity contribution in [3.8, 4) is 5.75 Å². The molecule has 1 aliphatic rings. The van der Waals surface area contributed by atoms with Crippen molar-refractivity contribution < 1.29 is 22.7 Å². The van der Waals surface area contributed by atoms with Crippen molar-refractivity contribution in [2.24, 2.45) is 5.92 Å². The van der Waals surface area contributed by atoms with E-state index >= 15 is 0 Å².